The van der Waals surface area contributed by atoms with Gasteiger partial charge in [-0.05, 0) is 18.9 Å². The van der Waals surface area contributed by atoms with E-state index in [1.165, 1.54) is 12.8 Å². The molecule has 0 radical (unpaired) electrons. The minimum Gasteiger partial charge on any atom is -0.493 e. The lowest BCUT2D eigenvalue weighted by Crippen LogP contribution is -2.30. The van der Waals surface area contributed by atoms with E-state index in [2.05, 4.69) is 5.32 Å². The van der Waals surface area contributed by atoms with Gasteiger partial charge in [0.25, 0.3) is 5.91 Å². The molecule has 1 aromatic carbocycles. The van der Waals surface area contributed by atoms with Gasteiger partial charge in [0.15, 0.2) is 17.6 Å². The largest absolute Gasteiger partial charge is 0.493 e. The second-order valence-electron chi connectivity index (χ2n) is 5.76. The standard InChI is InChI=1S/C16H22N2O3/c1-18-9-8-14(16(18)19)21-15-11(10-17-12-6-7-12)4-3-5-13(15)20-2/h3-5,12,14,17H,6-10H2,1-2H3. The molecule has 0 bridgehead atoms. The number of methoxy groups -OCH3 is 1. The van der Waals surface area contributed by atoms with E-state index in [0.29, 0.717) is 17.5 Å². The fraction of sp³-hybridized carbons (Fsp3) is 0.562. The Hall–Kier alpha value is -1.75. The number of hydrogen-bond acceptors (Lipinski definition) is 4. The van der Waals surface area contributed by atoms with Gasteiger partial charge >= 0.3 is 0 Å². The number of para-hydroxylation sites is 1. The smallest absolute Gasteiger partial charge is 0.263 e. The van der Waals surface area contributed by atoms with Crippen LogP contribution in [0, 0.1) is 0 Å². The lowest BCUT2D eigenvalue weighted by atomic mass is 10.1. The third kappa shape index (κ3) is 3.13. The monoisotopic (exact) mass is 290 g/mol. The van der Waals surface area contributed by atoms with Crippen LogP contribution in [0.3, 0.4) is 0 Å². The molecule has 3 rings (SSSR count). The quantitative estimate of drug-likeness (QED) is 0.864. The number of likely N-dealkylation sites (tertiary alicyclic amines) is 1. The Labute approximate surface area is 125 Å². The van der Waals surface area contributed by atoms with Crippen molar-refractivity contribution in [3.8, 4) is 11.5 Å². The van der Waals surface area contributed by atoms with Gasteiger partial charge in [-0.15, -0.1) is 0 Å². The molecular formula is C16H22N2O3. The van der Waals surface area contributed by atoms with Crippen molar-refractivity contribution in [3.05, 3.63) is 23.8 Å². The predicted molar refractivity (Wildman–Crippen MR) is 79.5 cm³/mol. The Morgan fingerprint density at radius 3 is 2.76 bits per heavy atom. The van der Waals surface area contributed by atoms with Crippen molar-refractivity contribution in [2.24, 2.45) is 0 Å². The fourth-order valence-electron chi connectivity index (χ4n) is 2.58. The number of rotatable bonds is 6. The normalized spacial score (nSPS) is 21.7. The Bertz CT molecular complexity index is 528. The van der Waals surface area contributed by atoms with E-state index in [-0.39, 0.29) is 5.91 Å². The number of likely N-dealkylation sites (N-methyl/N-ethyl adjacent to an activating group) is 1. The van der Waals surface area contributed by atoms with E-state index in [9.17, 15) is 4.79 Å². The highest BCUT2D eigenvalue weighted by molar-refractivity contribution is 5.83. The molecule has 2 fully saturated rings. The molecule has 1 aliphatic heterocycles. The van der Waals surface area contributed by atoms with Crippen molar-refractivity contribution >= 4 is 5.91 Å². The SMILES string of the molecule is COc1cccc(CNC2CC2)c1OC1CCN(C)C1=O. The highest BCUT2D eigenvalue weighted by Crippen LogP contribution is 2.34. The van der Waals surface area contributed by atoms with Crippen molar-refractivity contribution in [3.63, 3.8) is 0 Å². The fourth-order valence-corrected chi connectivity index (χ4v) is 2.58. The van der Waals surface area contributed by atoms with Crippen molar-refractivity contribution in [2.45, 2.75) is 38.0 Å². The second-order valence-corrected chi connectivity index (χ2v) is 5.76. The maximum atomic E-state index is 12.0. The minimum atomic E-state index is -0.397. The van der Waals surface area contributed by atoms with Gasteiger partial charge in [-0.3, -0.25) is 4.79 Å². The number of nitrogens with zero attached hydrogens (tertiary/aromatic N) is 1. The molecule has 2 aliphatic rings. The first-order valence-electron chi connectivity index (χ1n) is 7.50. The molecule has 0 aromatic heterocycles. The molecule has 1 heterocycles. The van der Waals surface area contributed by atoms with Gasteiger partial charge in [0, 0.05) is 38.2 Å². The van der Waals surface area contributed by atoms with Crippen LogP contribution in [-0.4, -0.2) is 43.7 Å². The summed E-state index contributed by atoms with van der Waals surface area (Å²) in [4.78, 5) is 13.8. The van der Waals surface area contributed by atoms with Crippen LogP contribution < -0.4 is 14.8 Å². The number of carbonyl (C=O) groups is 1. The number of ether oxygens (including phenoxy) is 2. The Balaban J connectivity index is 1.78. The van der Waals surface area contributed by atoms with E-state index in [1.807, 2.05) is 25.2 Å². The summed E-state index contributed by atoms with van der Waals surface area (Å²) in [5, 5.41) is 3.48. The molecule has 1 saturated heterocycles. The zero-order valence-corrected chi connectivity index (χ0v) is 12.6. The van der Waals surface area contributed by atoms with Crippen molar-refractivity contribution < 1.29 is 14.3 Å². The summed E-state index contributed by atoms with van der Waals surface area (Å²) in [6, 6.07) is 6.48. The van der Waals surface area contributed by atoms with Gasteiger partial charge in [0.05, 0.1) is 7.11 Å². The summed E-state index contributed by atoms with van der Waals surface area (Å²) in [5.74, 6) is 1.43. The zero-order chi connectivity index (χ0) is 14.8. The molecule has 1 aliphatic carbocycles. The molecule has 5 heteroatoms. The van der Waals surface area contributed by atoms with E-state index in [1.54, 1.807) is 12.0 Å². The van der Waals surface area contributed by atoms with E-state index in [0.717, 1.165) is 25.1 Å². The third-order valence-electron chi connectivity index (χ3n) is 4.08. The first-order chi connectivity index (χ1) is 10.2. The first kappa shape index (κ1) is 14.2. The van der Waals surface area contributed by atoms with Gasteiger partial charge in [0.2, 0.25) is 0 Å². The number of amides is 1. The molecule has 1 N–H and O–H groups in total. The molecule has 0 spiro atoms. The summed E-state index contributed by atoms with van der Waals surface area (Å²) < 4.78 is 11.4. The number of hydrogen-bond donors (Lipinski definition) is 1. The van der Waals surface area contributed by atoms with Crippen molar-refractivity contribution in [2.75, 3.05) is 20.7 Å². The molecule has 1 atom stereocenters. The van der Waals surface area contributed by atoms with Crippen LogP contribution in [0.2, 0.25) is 0 Å². The molecule has 1 unspecified atom stereocenters. The Kier molecular flexibility index (Phi) is 4.01. The summed E-state index contributed by atoms with van der Waals surface area (Å²) in [6.45, 7) is 1.49. The van der Waals surface area contributed by atoms with E-state index < -0.39 is 6.10 Å². The number of nitrogens with one attached hydrogen (secondary N) is 1. The third-order valence-corrected chi connectivity index (χ3v) is 4.08. The topological polar surface area (TPSA) is 50.8 Å². The Morgan fingerprint density at radius 1 is 1.33 bits per heavy atom. The molecule has 1 amide bonds. The van der Waals surface area contributed by atoms with Crippen LogP contribution in [0.5, 0.6) is 11.5 Å². The lowest BCUT2D eigenvalue weighted by Gasteiger charge is -2.19. The van der Waals surface area contributed by atoms with Crippen LogP contribution in [-0.2, 0) is 11.3 Å². The highest BCUT2D eigenvalue weighted by atomic mass is 16.5. The first-order valence-corrected chi connectivity index (χ1v) is 7.50. The molecular weight excluding hydrogens is 268 g/mol. The zero-order valence-electron chi connectivity index (χ0n) is 12.6. The van der Waals surface area contributed by atoms with E-state index >= 15 is 0 Å². The van der Waals surface area contributed by atoms with Crippen molar-refractivity contribution in [1.29, 1.82) is 0 Å². The van der Waals surface area contributed by atoms with Crippen LogP contribution in [0.15, 0.2) is 18.2 Å². The van der Waals surface area contributed by atoms with Crippen LogP contribution in [0.1, 0.15) is 24.8 Å². The van der Waals surface area contributed by atoms with Gasteiger partial charge in [-0.2, -0.15) is 0 Å². The maximum absolute atomic E-state index is 12.0. The number of benzene rings is 1. The molecule has 1 aromatic rings. The summed E-state index contributed by atoms with van der Waals surface area (Å²) in [5.41, 5.74) is 1.05. The highest BCUT2D eigenvalue weighted by Gasteiger charge is 2.32. The molecule has 21 heavy (non-hydrogen) atoms. The summed E-state index contributed by atoms with van der Waals surface area (Å²) in [6.07, 6.45) is 2.81. The van der Waals surface area contributed by atoms with Gasteiger partial charge in [-0.25, -0.2) is 0 Å². The van der Waals surface area contributed by atoms with Crippen molar-refractivity contribution in [1.82, 2.24) is 10.2 Å². The van der Waals surface area contributed by atoms with Gasteiger partial charge < -0.3 is 19.7 Å². The number of carbonyl (C=O) groups excluding carboxylic acids is 1. The summed E-state index contributed by atoms with van der Waals surface area (Å²) in [7, 11) is 3.44. The van der Waals surface area contributed by atoms with Gasteiger partial charge in [-0.1, -0.05) is 12.1 Å². The second kappa shape index (κ2) is 5.93. The average molecular weight is 290 g/mol. The molecule has 1 saturated carbocycles. The van der Waals surface area contributed by atoms with Gasteiger partial charge in [0.1, 0.15) is 0 Å². The average Bonchev–Trinajstić information content (AvgIpc) is 3.27. The van der Waals surface area contributed by atoms with Crippen LogP contribution in [0.4, 0.5) is 0 Å². The predicted octanol–water partition coefficient (Wildman–Crippen LogP) is 1.56. The lowest BCUT2D eigenvalue weighted by molar-refractivity contribution is -0.132. The molecule has 5 nitrogen and oxygen atoms in total. The molecule has 114 valence electrons. The minimum absolute atomic E-state index is 0.0435. The summed E-state index contributed by atoms with van der Waals surface area (Å²) >= 11 is 0. The van der Waals surface area contributed by atoms with E-state index in [4.69, 9.17) is 9.47 Å². The Morgan fingerprint density at radius 2 is 2.14 bits per heavy atom. The van der Waals surface area contributed by atoms with Crippen LogP contribution >= 0.6 is 0 Å². The maximum Gasteiger partial charge on any atom is 0.263 e. The van der Waals surface area contributed by atoms with Crippen LogP contribution in [0.25, 0.3) is 0 Å².